The maximum absolute atomic E-state index is 13.9. The molecular weight excluding hydrogens is 575 g/mol. The van der Waals surface area contributed by atoms with Crippen molar-refractivity contribution in [3.63, 3.8) is 0 Å². The second-order valence-corrected chi connectivity index (χ2v) is 13.7. The fourth-order valence-corrected chi connectivity index (χ4v) is 8.05. The van der Waals surface area contributed by atoms with Crippen molar-refractivity contribution in [2.75, 3.05) is 64.1 Å². The number of likely N-dealkylation sites (tertiary alicyclic amines) is 1. The number of nitrogens with zero attached hydrogens (tertiary/aromatic N) is 7. The molecule has 3 saturated heterocycles. The van der Waals surface area contributed by atoms with Crippen LogP contribution in [0, 0.1) is 6.92 Å². The number of fused-ring (bicyclic) bond motifs is 1. The molecule has 0 radical (unpaired) electrons. The molecule has 3 aromatic rings. The first-order valence-electron chi connectivity index (χ1n) is 15.1. The van der Waals surface area contributed by atoms with Gasteiger partial charge in [-0.1, -0.05) is 18.6 Å². The van der Waals surface area contributed by atoms with Crippen molar-refractivity contribution < 1.29 is 17.9 Å². The van der Waals surface area contributed by atoms with E-state index in [1.165, 1.54) is 31.1 Å². The molecule has 2 aromatic heterocycles. The third kappa shape index (κ3) is 6.51. The monoisotopic (exact) mass is 615 g/mol. The van der Waals surface area contributed by atoms with Gasteiger partial charge in [0.15, 0.2) is 11.5 Å². The van der Waals surface area contributed by atoms with Crippen LogP contribution in [-0.2, 0) is 23.9 Å². The molecule has 0 N–H and O–H groups in total. The van der Waals surface area contributed by atoms with E-state index in [0.29, 0.717) is 54.5 Å². The fraction of sp³-hybridized carbons (Fsp3) is 0.581. The van der Waals surface area contributed by atoms with E-state index in [1.807, 2.05) is 29.6 Å². The first-order chi connectivity index (χ1) is 20.6. The second kappa shape index (κ2) is 12.3. The first kappa shape index (κ1) is 30.2. The molecule has 0 bridgehead atoms. The zero-order chi connectivity index (χ0) is 30.2. The number of hydrogen-bond acceptors (Lipinski definition) is 7. The molecule has 1 unspecified atom stereocenters. The first-order valence-corrected chi connectivity index (χ1v) is 16.1. The van der Waals surface area contributed by atoms with Crippen molar-refractivity contribution in [3.05, 3.63) is 52.3 Å². The maximum Gasteiger partial charge on any atom is 0.416 e. The lowest BCUT2D eigenvalue weighted by molar-refractivity contribution is -0.138. The highest BCUT2D eigenvalue weighted by Gasteiger charge is 2.40. The minimum Gasteiger partial charge on any atom is -0.378 e. The highest BCUT2D eigenvalue weighted by molar-refractivity contribution is 8.00. The predicted molar refractivity (Wildman–Crippen MR) is 166 cm³/mol. The summed E-state index contributed by atoms with van der Waals surface area (Å²) in [6, 6.07) is 6.40. The largest absolute Gasteiger partial charge is 0.416 e. The number of rotatable bonds is 7. The van der Waals surface area contributed by atoms with E-state index in [4.69, 9.17) is 19.8 Å². The molecule has 1 spiro atoms. The van der Waals surface area contributed by atoms with Gasteiger partial charge in [-0.25, -0.2) is 14.5 Å². The second-order valence-electron chi connectivity index (χ2n) is 12.1. The van der Waals surface area contributed by atoms with Gasteiger partial charge in [0.05, 0.1) is 36.5 Å². The summed E-state index contributed by atoms with van der Waals surface area (Å²) in [4.78, 5) is 16.4. The topological polar surface area (TPSA) is 61.5 Å². The standard InChI is InChI=1S/C31H40F3N7OS/c1-22-23(7-6-8-24(22)31(32,33)34)17-27-26(19-39-11-10-30(20-39)9-4-5-16-43-30)36-29-25(35-21-38(2)3)18-28(37-41(27)29)40-12-14-42-15-13-40/h6-8,18,21H,4-5,9-17,19-20H2,1-3H3. The number of benzene rings is 1. The molecule has 3 aliphatic heterocycles. The molecule has 3 fully saturated rings. The molecule has 8 nitrogen and oxygen atoms in total. The van der Waals surface area contributed by atoms with E-state index < -0.39 is 11.7 Å². The summed E-state index contributed by atoms with van der Waals surface area (Å²) in [5.74, 6) is 1.97. The number of halogens is 3. The summed E-state index contributed by atoms with van der Waals surface area (Å²) in [6.07, 6.45) is 2.57. The Hall–Kier alpha value is -2.83. The highest BCUT2D eigenvalue weighted by Crippen LogP contribution is 2.44. The number of ether oxygens (including phenoxy) is 1. The quantitative estimate of drug-likeness (QED) is 0.255. The smallest absolute Gasteiger partial charge is 0.378 e. The van der Waals surface area contributed by atoms with Crippen LogP contribution in [0.5, 0.6) is 0 Å². The number of imidazole rings is 1. The molecule has 232 valence electrons. The van der Waals surface area contributed by atoms with Gasteiger partial charge in [-0.3, -0.25) is 4.90 Å². The normalized spacial score (nSPS) is 22.0. The summed E-state index contributed by atoms with van der Waals surface area (Å²) < 4.78 is 49.3. The number of anilines is 1. The van der Waals surface area contributed by atoms with Gasteiger partial charge >= 0.3 is 6.18 Å². The fourth-order valence-electron chi connectivity index (χ4n) is 6.47. The van der Waals surface area contributed by atoms with E-state index in [1.54, 1.807) is 19.3 Å². The van der Waals surface area contributed by atoms with Crippen molar-refractivity contribution in [2.45, 2.75) is 56.5 Å². The Morgan fingerprint density at radius 3 is 2.67 bits per heavy atom. The van der Waals surface area contributed by atoms with Crippen LogP contribution in [-0.4, -0.2) is 94.7 Å². The number of hydrogen-bond donors (Lipinski definition) is 0. The minimum absolute atomic E-state index is 0.241. The van der Waals surface area contributed by atoms with Crippen LogP contribution in [0.1, 0.15) is 53.8 Å². The number of alkyl halides is 3. The third-order valence-corrected chi connectivity index (χ3v) is 10.4. The van der Waals surface area contributed by atoms with Crippen molar-refractivity contribution >= 4 is 35.3 Å². The van der Waals surface area contributed by atoms with Crippen LogP contribution in [0.2, 0.25) is 0 Å². The summed E-state index contributed by atoms with van der Waals surface area (Å²) in [5, 5.41) is 5.05. The van der Waals surface area contributed by atoms with Gasteiger partial charge in [0.1, 0.15) is 5.69 Å². The minimum atomic E-state index is -4.42. The van der Waals surface area contributed by atoms with Crippen LogP contribution >= 0.6 is 11.8 Å². The predicted octanol–water partition coefficient (Wildman–Crippen LogP) is 5.57. The molecule has 5 heterocycles. The molecule has 0 aliphatic carbocycles. The van der Waals surface area contributed by atoms with E-state index in [9.17, 15) is 13.2 Å². The third-order valence-electron chi connectivity index (χ3n) is 8.80. The lowest BCUT2D eigenvalue weighted by Crippen LogP contribution is -2.37. The molecule has 3 aliphatic rings. The summed E-state index contributed by atoms with van der Waals surface area (Å²) in [5.41, 5.74) is 3.22. The van der Waals surface area contributed by atoms with Crippen molar-refractivity contribution in [1.29, 1.82) is 0 Å². The number of aromatic nitrogens is 3. The lowest BCUT2D eigenvalue weighted by Gasteiger charge is -2.32. The molecule has 1 aromatic carbocycles. The summed E-state index contributed by atoms with van der Waals surface area (Å²) in [7, 11) is 3.83. The summed E-state index contributed by atoms with van der Waals surface area (Å²) >= 11 is 2.11. The molecule has 1 atom stereocenters. The zero-order valence-electron chi connectivity index (χ0n) is 25.2. The van der Waals surface area contributed by atoms with Gasteiger partial charge < -0.3 is 14.5 Å². The van der Waals surface area contributed by atoms with Gasteiger partial charge in [-0.15, -0.1) is 5.10 Å². The molecule has 43 heavy (non-hydrogen) atoms. The van der Waals surface area contributed by atoms with Crippen LogP contribution in [0.4, 0.5) is 24.7 Å². The highest BCUT2D eigenvalue weighted by atomic mass is 32.2. The van der Waals surface area contributed by atoms with E-state index in [-0.39, 0.29) is 12.0 Å². The molecule has 12 heteroatoms. The van der Waals surface area contributed by atoms with Gasteiger partial charge in [0.2, 0.25) is 0 Å². The van der Waals surface area contributed by atoms with Crippen molar-refractivity contribution in [3.8, 4) is 0 Å². The number of aliphatic imine (C=N–C) groups is 1. The molecule has 0 amide bonds. The average Bonchev–Trinajstić information content (AvgIpc) is 3.53. The average molecular weight is 616 g/mol. The van der Waals surface area contributed by atoms with Gasteiger partial charge in [-0.2, -0.15) is 24.9 Å². The van der Waals surface area contributed by atoms with Gasteiger partial charge in [-0.05, 0) is 55.7 Å². The van der Waals surface area contributed by atoms with E-state index in [0.717, 1.165) is 42.8 Å². The van der Waals surface area contributed by atoms with Crippen molar-refractivity contribution in [1.82, 2.24) is 24.4 Å². The maximum atomic E-state index is 13.9. The SMILES string of the molecule is Cc1c(Cc2c(CN3CCC4(CCCCS4)C3)nc3c(N=CN(C)C)cc(N4CCOCC4)nn23)cccc1C(F)(F)F. The number of thioether (sulfide) groups is 1. The lowest BCUT2D eigenvalue weighted by atomic mass is 9.98. The van der Waals surface area contributed by atoms with Gasteiger partial charge in [0, 0.05) is 57.5 Å². The van der Waals surface area contributed by atoms with Gasteiger partial charge in [0.25, 0.3) is 0 Å². The van der Waals surface area contributed by atoms with E-state index >= 15 is 0 Å². The van der Waals surface area contributed by atoms with Crippen LogP contribution in [0.3, 0.4) is 0 Å². The Bertz CT molecular complexity index is 1480. The zero-order valence-corrected chi connectivity index (χ0v) is 26.0. The Kier molecular flexibility index (Phi) is 8.63. The van der Waals surface area contributed by atoms with Crippen LogP contribution in [0.15, 0.2) is 29.3 Å². The van der Waals surface area contributed by atoms with Crippen molar-refractivity contribution in [2.24, 2.45) is 4.99 Å². The Morgan fingerprint density at radius 2 is 1.95 bits per heavy atom. The summed E-state index contributed by atoms with van der Waals surface area (Å²) in [6.45, 7) is 6.80. The number of morpholine rings is 1. The Morgan fingerprint density at radius 1 is 1.14 bits per heavy atom. The Balaban J connectivity index is 1.45. The van der Waals surface area contributed by atoms with E-state index in [2.05, 4.69) is 21.6 Å². The molecular formula is C31H40F3N7OS. The Labute approximate surface area is 255 Å². The molecule has 0 saturated carbocycles. The molecule has 6 rings (SSSR count). The van der Waals surface area contributed by atoms with Crippen LogP contribution in [0.25, 0.3) is 5.65 Å². The van der Waals surface area contributed by atoms with Crippen LogP contribution < -0.4 is 4.90 Å².